The molecule has 1 amide bonds. The van der Waals surface area contributed by atoms with Crippen LogP contribution >= 0.6 is 0 Å². The number of aliphatic imine (C=N–C) groups is 1. The molecular weight excluding hydrogens is 192 g/mol. The zero-order valence-electron chi connectivity index (χ0n) is 7.68. The van der Waals surface area contributed by atoms with Crippen molar-refractivity contribution >= 4 is 29.3 Å². The summed E-state index contributed by atoms with van der Waals surface area (Å²) in [5, 5.41) is 0. The minimum atomic E-state index is -0.511. The Bertz CT molecular complexity index is 543. The number of allylic oxidation sites excluding steroid dienone is 1. The fourth-order valence-corrected chi connectivity index (χ4v) is 1.73. The minimum Gasteiger partial charge on any atom is -0.284 e. The molecule has 0 saturated heterocycles. The first-order valence-electron chi connectivity index (χ1n) is 4.50. The molecule has 0 aromatic heterocycles. The van der Waals surface area contributed by atoms with Crippen molar-refractivity contribution < 1.29 is 9.59 Å². The van der Waals surface area contributed by atoms with E-state index in [1.807, 2.05) is 12.1 Å². The van der Waals surface area contributed by atoms with Gasteiger partial charge < -0.3 is 0 Å². The average Bonchev–Trinajstić information content (AvgIpc) is 2.55. The molecule has 0 unspecified atom stereocenters. The molecule has 72 valence electrons. The Morgan fingerprint density at radius 2 is 1.93 bits per heavy atom. The smallest absolute Gasteiger partial charge is 0.284 e. The summed E-state index contributed by atoms with van der Waals surface area (Å²) in [6.07, 6.45) is 2.84. The normalized spacial score (nSPS) is 17.6. The van der Waals surface area contributed by atoms with Gasteiger partial charge in [-0.3, -0.25) is 19.5 Å². The molecule has 0 saturated carbocycles. The fourth-order valence-electron chi connectivity index (χ4n) is 1.73. The highest BCUT2D eigenvalue weighted by Crippen LogP contribution is 2.35. The number of ketones is 1. The van der Waals surface area contributed by atoms with Crippen molar-refractivity contribution in [3.05, 3.63) is 36.0 Å². The van der Waals surface area contributed by atoms with Gasteiger partial charge in [-0.1, -0.05) is 12.1 Å². The molecule has 0 atom stereocenters. The number of anilines is 1. The van der Waals surface area contributed by atoms with E-state index in [9.17, 15) is 9.59 Å². The highest BCUT2D eigenvalue weighted by atomic mass is 16.2. The zero-order valence-corrected chi connectivity index (χ0v) is 7.68. The molecule has 0 bridgehead atoms. The molecule has 1 aromatic carbocycles. The molecule has 3 rings (SSSR count). The van der Waals surface area contributed by atoms with E-state index in [-0.39, 0.29) is 0 Å². The molecular formula is C11H6N2O2. The van der Waals surface area contributed by atoms with Crippen LogP contribution in [0.4, 0.5) is 11.4 Å². The summed E-state index contributed by atoms with van der Waals surface area (Å²) in [4.78, 5) is 28.3. The van der Waals surface area contributed by atoms with E-state index in [1.54, 1.807) is 12.1 Å². The van der Waals surface area contributed by atoms with Crippen molar-refractivity contribution in [2.24, 2.45) is 4.99 Å². The zero-order chi connectivity index (χ0) is 10.4. The molecule has 2 aliphatic heterocycles. The molecule has 0 N–H and O–H groups in total. The first kappa shape index (κ1) is 8.11. The topological polar surface area (TPSA) is 49.7 Å². The van der Waals surface area contributed by atoms with Gasteiger partial charge in [0.2, 0.25) is 5.78 Å². The first-order chi connectivity index (χ1) is 7.27. The Morgan fingerprint density at radius 1 is 1.13 bits per heavy atom. The highest BCUT2D eigenvalue weighted by Gasteiger charge is 2.34. The van der Waals surface area contributed by atoms with Crippen LogP contribution in [-0.4, -0.2) is 17.9 Å². The molecule has 4 nitrogen and oxygen atoms in total. The second kappa shape index (κ2) is 2.63. The maximum atomic E-state index is 11.6. The van der Waals surface area contributed by atoms with E-state index in [4.69, 9.17) is 0 Å². The van der Waals surface area contributed by atoms with Gasteiger partial charge in [0.15, 0.2) is 0 Å². The lowest BCUT2D eigenvalue weighted by Gasteiger charge is -2.22. The van der Waals surface area contributed by atoms with Crippen molar-refractivity contribution in [1.82, 2.24) is 0 Å². The molecule has 1 aromatic rings. The van der Waals surface area contributed by atoms with Gasteiger partial charge >= 0.3 is 5.91 Å². The molecule has 4 heteroatoms. The van der Waals surface area contributed by atoms with Gasteiger partial charge in [0.1, 0.15) is 0 Å². The predicted octanol–water partition coefficient (Wildman–Crippen LogP) is 1.20. The van der Waals surface area contributed by atoms with E-state index in [0.29, 0.717) is 17.1 Å². The van der Waals surface area contributed by atoms with Crippen molar-refractivity contribution in [2.45, 2.75) is 0 Å². The summed E-state index contributed by atoms with van der Waals surface area (Å²) in [5.41, 5.74) is 1.92. The number of carbonyl (C=O) groups excluding carboxylic acids is 2. The van der Waals surface area contributed by atoms with Gasteiger partial charge in [-0.05, 0) is 12.1 Å². The maximum absolute atomic E-state index is 11.6. The van der Waals surface area contributed by atoms with Crippen LogP contribution in [0.2, 0.25) is 0 Å². The van der Waals surface area contributed by atoms with Crippen LogP contribution in [0.1, 0.15) is 0 Å². The van der Waals surface area contributed by atoms with Gasteiger partial charge in [-0.2, -0.15) is 0 Å². The van der Waals surface area contributed by atoms with Crippen LogP contribution in [0.15, 0.2) is 41.0 Å². The number of nitrogens with zero attached hydrogens (tertiary/aromatic N) is 2. The molecule has 0 fully saturated rings. The summed E-state index contributed by atoms with van der Waals surface area (Å²) >= 11 is 0. The number of rotatable bonds is 0. The van der Waals surface area contributed by atoms with Gasteiger partial charge in [-0.15, -0.1) is 0 Å². The third-order valence-corrected chi connectivity index (χ3v) is 2.41. The first-order valence-corrected chi connectivity index (χ1v) is 4.50. The lowest BCUT2D eigenvalue weighted by molar-refractivity contribution is -0.132. The van der Waals surface area contributed by atoms with Crippen LogP contribution in [0.5, 0.6) is 0 Å². The second-order valence-electron chi connectivity index (χ2n) is 3.32. The van der Waals surface area contributed by atoms with Crippen LogP contribution in [0, 0.1) is 0 Å². The van der Waals surface area contributed by atoms with E-state index in [0.717, 1.165) is 0 Å². The number of carbonyl (C=O) groups is 2. The van der Waals surface area contributed by atoms with E-state index < -0.39 is 11.7 Å². The van der Waals surface area contributed by atoms with Crippen molar-refractivity contribution in [1.29, 1.82) is 0 Å². The van der Waals surface area contributed by atoms with Gasteiger partial charge in [-0.25, -0.2) is 0 Å². The van der Waals surface area contributed by atoms with Gasteiger partial charge in [0.05, 0.1) is 23.3 Å². The predicted molar refractivity (Wildman–Crippen MR) is 55.2 cm³/mol. The van der Waals surface area contributed by atoms with Crippen LogP contribution in [-0.2, 0) is 9.59 Å². The number of hydrogen-bond donors (Lipinski definition) is 0. The van der Waals surface area contributed by atoms with Crippen molar-refractivity contribution in [3.8, 4) is 0 Å². The lowest BCUT2D eigenvalue weighted by atomic mass is 10.2. The Balaban J connectivity index is 2.24. The molecule has 2 aliphatic rings. The van der Waals surface area contributed by atoms with Crippen LogP contribution in [0.3, 0.4) is 0 Å². The molecule has 0 spiro atoms. The third-order valence-electron chi connectivity index (χ3n) is 2.41. The number of amides is 1. The number of fused-ring (bicyclic) bond motifs is 3. The maximum Gasteiger partial charge on any atom is 0.303 e. The molecule has 0 radical (unpaired) electrons. The largest absolute Gasteiger partial charge is 0.303 e. The summed E-state index contributed by atoms with van der Waals surface area (Å²) < 4.78 is 0. The summed E-state index contributed by atoms with van der Waals surface area (Å²) in [5.74, 6) is -1.00. The van der Waals surface area contributed by atoms with Crippen LogP contribution in [0.25, 0.3) is 0 Å². The average molecular weight is 198 g/mol. The standard InChI is InChI=1S/C11H6N2O2/c14-10-5-7-6-12-8-3-1-2-4-9(8)13(7)11(10)15/h1-6H. The second-order valence-corrected chi connectivity index (χ2v) is 3.32. The minimum absolute atomic E-state index is 0.492. The van der Waals surface area contributed by atoms with E-state index in [1.165, 1.54) is 17.2 Å². The van der Waals surface area contributed by atoms with Gasteiger partial charge in [0.25, 0.3) is 0 Å². The Morgan fingerprint density at radius 3 is 2.80 bits per heavy atom. The number of hydrogen-bond acceptors (Lipinski definition) is 3. The Hall–Kier alpha value is -2.23. The molecule has 2 heterocycles. The van der Waals surface area contributed by atoms with Crippen molar-refractivity contribution in [2.75, 3.05) is 4.90 Å². The quantitative estimate of drug-likeness (QED) is 0.588. The van der Waals surface area contributed by atoms with Crippen molar-refractivity contribution in [3.63, 3.8) is 0 Å². The fraction of sp³-hybridized carbons (Fsp3) is 0. The lowest BCUT2D eigenvalue weighted by Crippen LogP contribution is -2.30. The Labute approximate surface area is 85.5 Å². The summed E-state index contributed by atoms with van der Waals surface area (Å²) in [6, 6.07) is 7.23. The number of para-hydroxylation sites is 2. The van der Waals surface area contributed by atoms with Gasteiger partial charge in [0, 0.05) is 6.08 Å². The van der Waals surface area contributed by atoms with E-state index >= 15 is 0 Å². The molecule has 15 heavy (non-hydrogen) atoms. The van der Waals surface area contributed by atoms with Crippen LogP contribution < -0.4 is 4.90 Å². The monoisotopic (exact) mass is 198 g/mol. The summed E-state index contributed by atoms with van der Waals surface area (Å²) in [7, 11) is 0. The third kappa shape index (κ3) is 0.985. The SMILES string of the molecule is O=C1C=C2C=Nc3ccccc3N2C1=O. The summed E-state index contributed by atoms with van der Waals surface area (Å²) in [6.45, 7) is 0. The highest BCUT2D eigenvalue weighted by molar-refractivity contribution is 6.51. The Kier molecular flexibility index (Phi) is 1.42. The van der Waals surface area contributed by atoms with E-state index in [2.05, 4.69) is 4.99 Å². The number of benzene rings is 1. The molecule has 0 aliphatic carbocycles.